The molecule has 3 aromatic carbocycles. The molecule has 0 fully saturated rings. The Morgan fingerprint density at radius 2 is 1.67 bits per heavy atom. The fourth-order valence-electron chi connectivity index (χ4n) is 4.89. The van der Waals surface area contributed by atoms with Gasteiger partial charge in [0.1, 0.15) is 11.8 Å². The van der Waals surface area contributed by atoms with Gasteiger partial charge in [0.2, 0.25) is 11.3 Å². The third-order valence-corrected chi connectivity index (χ3v) is 6.58. The molecule has 0 aliphatic heterocycles. The molecule has 0 bridgehead atoms. The number of hydrogen-bond acceptors (Lipinski definition) is 5. The molecule has 0 spiro atoms. The Morgan fingerprint density at radius 1 is 0.861 bits per heavy atom. The van der Waals surface area contributed by atoms with Gasteiger partial charge in [0.15, 0.2) is 5.75 Å². The normalized spacial score (nSPS) is 11.7. The van der Waals surface area contributed by atoms with E-state index in [4.69, 9.17) is 4.42 Å². The Morgan fingerprint density at radius 3 is 2.56 bits per heavy atom. The van der Waals surface area contributed by atoms with Crippen molar-refractivity contribution in [2.45, 2.75) is 0 Å². The second-order valence-corrected chi connectivity index (χ2v) is 8.56. The first kappa shape index (κ1) is 20.2. The highest BCUT2D eigenvalue weighted by Gasteiger charge is 2.29. The molecular weight excluding hydrogens is 456 g/mol. The van der Waals surface area contributed by atoms with Gasteiger partial charge in [0.05, 0.1) is 45.3 Å². The second-order valence-electron chi connectivity index (χ2n) is 8.56. The van der Waals surface area contributed by atoms with Gasteiger partial charge < -0.3 is 24.6 Å². The van der Waals surface area contributed by atoms with Gasteiger partial charge in [-0.05, 0) is 36.4 Å². The van der Waals surface area contributed by atoms with Gasteiger partial charge in [-0.25, -0.2) is 4.98 Å². The molecule has 4 aromatic heterocycles. The largest absolute Gasteiger partial charge is 0.503 e. The first-order chi connectivity index (χ1) is 17.6. The van der Waals surface area contributed by atoms with E-state index < -0.39 is 5.88 Å². The first-order valence-corrected chi connectivity index (χ1v) is 11.3. The zero-order valence-corrected chi connectivity index (χ0v) is 18.7. The molecule has 7 aromatic rings. The first-order valence-electron chi connectivity index (χ1n) is 11.3. The molecule has 0 amide bonds. The molecule has 8 heteroatoms. The van der Waals surface area contributed by atoms with E-state index in [9.17, 15) is 15.0 Å². The lowest BCUT2D eigenvalue weighted by Gasteiger charge is -2.12. The minimum atomic E-state index is -0.392. The van der Waals surface area contributed by atoms with E-state index in [1.807, 2.05) is 24.3 Å². The number of nitrogens with zero attached hydrogens (tertiary/aromatic N) is 2. The van der Waals surface area contributed by atoms with Crippen molar-refractivity contribution in [3.63, 3.8) is 0 Å². The van der Waals surface area contributed by atoms with Crippen LogP contribution in [0.15, 0.2) is 94.7 Å². The van der Waals surface area contributed by atoms with Crippen LogP contribution in [-0.2, 0) is 0 Å². The summed E-state index contributed by atoms with van der Waals surface area (Å²) in [5, 5.41) is 23.8. The highest BCUT2D eigenvalue weighted by atomic mass is 16.3. The van der Waals surface area contributed by atoms with Crippen LogP contribution in [0.1, 0.15) is 0 Å². The summed E-state index contributed by atoms with van der Waals surface area (Å²) in [4.78, 5) is 24.3. The van der Waals surface area contributed by atoms with Crippen LogP contribution in [0.2, 0.25) is 0 Å². The summed E-state index contributed by atoms with van der Waals surface area (Å²) in [6.07, 6.45) is 4.72. The number of H-pyrrole nitrogens is 2. The number of nitrogens with one attached hydrogen (secondary N) is 2. The number of fused-ring (bicyclic) bond motifs is 3. The molecule has 0 radical (unpaired) electrons. The fraction of sp³-hybridized carbons (Fsp3) is 0. The number of aromatic hydroxyl groups is 2. The van der Waals surface area contributed by atoms with Crippen molar-refractivity contribution in [1.29, 1.82) is 0 Å². The van der Waals surface area contributed by atoms with E-state index in [1.165, 1.54) is 10.8 Å². The lowest BCUT2D eigenvalue weighted by Crippen LogP contribution is -2.08. The van der Waals surface area contributed by atoms with Crippen LogP contribution >= 0.6 is 0 Å². The highest BCUT2D eigenvalue weighted by Crippen LogP contribution is 2.49. The van der Waals surface area contributed by atoms with Crippen molar-refractivity contribution in [2.24, 2.45) is 0 Å². The smallest absolute Gasteiger partial charge is 0.240 e. The van der Waals surface area contributed by atoms with Gasteiger partial charge in [-0.1, -0.05) is 30.3 Å². The van der Waals surface area contributed by atoms with Crippen LogP contribution in [0.3, 0.4) is 0 Å². The lowest BCUT2D eigenvalue weighted by atomic mass is 10.00. The molecule has 0 saturated heterocycles. The van der Waals surface area contributed by atoms with Crippen molar-refractivity contribution in [2.75, 3.05) is 0 Å². The van der Waals surface area contributed by atoms with E-state index >= 15 is 0 Å². The lowest BCUT2D eigenvalue weighted by molar-refractivity contribution is 0.388. The minimum absolute atomic E-state index is 0.203. The summed E-state index contributed by atoms with van der Waals surface area (Å²) in [7, 11) is 0. The third kappa shape index (κ3) is 2.75. The predicted octanol–water partition coefficient (Wildman–Crippen LogP) is 5.69. The number of benzene rings is 3. The van der Waals surface area contributed by atoms with E-state index in [2.05, 4.69) is 15.0 Å². The number of hydrogen-bond donors (Lipinski definition) is 4. The zero-order chi connectivity index (χ0) is 24.4. The van der Waals surface area contributed by atoms with Crippen molar-refractivity contribution in [3.05, 3.63) is 95.7 Å². The Balaban J connectivity index is 1.63. The monoisotopic (exact) mass is 474 g/mol. The molecular formula is C28H18N4O4. The van der Waals surface area contributed by atoms with Crippen LogP contribution in [0.4, 0.5) is 0 Å². The summed E-state index contributed by atoms with van der Waals surface area (Å²) in [6.45, 7) is 0. The van der Waals surface area contributed by atoms with E-state index in [0.717, 1.165) is 21.9 Å². The highest BCUT2D eigenvalue weighted by molar-refractivity contribution is 6.03. The minimum Gasteiger partial charge on any atom is -0.503 e. The predicted molar refractivity (Wildman–Crippen MR) is 138 cm³/mol. The Hall–Kier alpha value is -5.24. The van der Waals surface area contributed by atoms with Crippen LogP contribution in [0.25, 0.3) is 61.0 Å². The molecule has 8 nitrogen and oxygen atoms in total. The van der Waals surface area contributed by atoms with E-state index in [1.54, 1.807) is 55.0 Å². The van der Waals surface area contributed by atoms with Crippen molar-refractivity contribution >= 4 is 32.9 Å². The van der Waals surface area contributed by atoms with Crippen LogP contribution in [0.5, 0.6) is 11.6 Å². The average molecular weight is 474 g/mol. The molecule has 0 unspecified atom stereocenters. The molecule has 0 aliphatic rings. The summed E-state index contributed by atoms with van der Waals surface area (Å²) in [5.41, 5.74) is 4.53. The van der Waals surface area contributed by atoms with Gasteiger partial charge in [-0.15, -0.1) is 0 Å². The zero-order valence-electron chi connectivity index (χ0n) is 18.7. The van der Waals surface area contributed by atoms with Gasteiger partial charge in [-0.2, -0.15) is 0 Å². The molecule has 174 valence electrons. The number of imidazole rings is 1. The van der Waals surface area contributed by atoms with E-state index in [-0.39, 0.29) is 16.7 Å². The van der Waals surface area contributed by atoms with Gasteiger partial charge in [-0.3, -0.25) is 9.36 Å². The summed E-state index contributed by atoms with van der Waals surface area (Å²) in [6, 6.07) is 20.0. The summed E-state index contributed by atoms with van der Waals surface area (Å²) in [5.74, 6) is -0.733. The maximum atomic E-state index is 13.7. The average Bonchev–Trinajstić information content (AvgIpc) is 3.61. The Kier molecular flexibility index (Phi) is 4.13. The maximum Gasteiger partial charge on any atom is 0.240 e. The van der Waals surface area contributed by atoms with Crippen molar-refractivity contribution < 1.29 is 14.6 Å². The van der Waals surface area contributed by atoms with Crippen LogP contribution in [-0.4, -0.2) is 29.7 Å². The number of para-hydroxylation sites is 2. The Labute approximate surface area is 202 Å². The molecule has 0 atom stereocenters. The SMILES string of the molecule is O=c1c(-c2c(-c3c[nH]c4ccccc34)c(O)c(O)n2-c2ccc3nc[nH]c3c2)coc2ccccc12. The molecule has 0 aliphatic carbocycles. The summed E-state index contributed by atoms with van der Waals surface area (Å²) < 4.78 is 7.30. The van der Waals surface area contributed by atoms with Crippen LogP contribution < -0.4 is 5.43 Å². The van der Waals surface area contributed by atoms with Gasteiger partial charge >= 0.3 is 0 Å². The Bertz CT molecular complexity index is 2010. The number of aromatic amines is 2. The van der Waals surface area contributed by atoms with Crippen molar-refractivity contribution in [3.8, 4) is 39.7 Å². The maximum absolute atomic E-state index is 13.7. The second kappa shape index (κ2) is 7.38. The standard InChI is InChI=1S/C28H18N4O4/c33-26-17-6-2-4-8-23(17)36-13-19(26)25-24(18-12-29-20-7-3-1-5-16(18)20)27(34)28(35)32(25)15-9-10-21-22(11-15)31-14-30-21/h1-14,29,34-35H,(H,30,31). The molecule has 4 N–H and O–H groups in total. The molecule has 36 heavy (non-hydrogen) atoms. The number of aromatic nitrogens is 4. The topological polar surface area (TPSA) is 120 Å². The van der Waals surface area contributed by atoms with Gasteiger partial charge in [0, 0.05) is 22.7 Å². The third-order valence-electron chi connectivity index (χ3n) is 6.58. The van der Waals surface area contributed by atoms with E-state index in [0.29, 0.717) is 33.5 Å². The quantitative estimate of drug-likeness (QED) is 0.262. The molecule has 0 saturated carbocycles. The van der Waals surface area contributed by atoms with Crippen molar-refractivity contribution in [1.82, 2.24) is 19.5 Å². The molecule has 7 rings (SSSR count). The van der Waals surface area contributed by atoms with Gasteiger partial charge in [0.25, 0.3) is 0 Å². The summed E-state index contributed by atoms with van der Waals surface area (Å²) >= 11 is 0. The van der Waals surface area contributed by atoms with Crippen LogP contribution in [0, 0.1) is 0 Å². The molecule has 4 heterocycles. The fourth-order valence-corrected chi connectivity index (χ4v) is 4.89. The number of rotatable bonds is 3.